The molecule has 2 N–H and O–H groups in total. The predicted molar refractivity (Wildman–Crippen MR) is 100 cm³/mol. The second-order valence-electron chi connectivity index (χ2n) is 7.14. The summed E-state index contributed by atoms with van der Waals surface area (Å²) in [5.41, 5.74) is 3.11. The van der Waals surface area contributed by atoms with Gasteiger partial charge in [-0.15, -0.1) is 0 Å². The van der Waals surface area contributed by atoms with Gasteiger partial charge in [-0.1, -0.05) is 0 Å². The number of rotatable bonds is 5. The molecule has 0 saturated carbocycles. The van der Waals surface area contributed by atoms with Gasteiger partial charge in [0.1, 0.15) is 0 Å². The first-order valence-electron chi connectivity index (χ1n) is 9.24. The highest BCUT2D eigenvalue weighted by Crippen LogP contribution is 2.25. The molecule has 0 unspecified atom stereocenters. The maximum absolute atomic E-state index is 12.2. The van der Waals surface area contributed by atoms with Gasteiger partial charge in [0.25, 0.3) is 0 Å². The Morgan fingerprint density at radius 2 is 1.96 bits per heavy atom. The third-order valence-electron chi connectivity index (χ3n) is 4.97. The van der Waals surface area contributed by atoms with Crippen molar-refractivity contribution < 1.29 is 9.59 Å². The molecule has 1 aromatic rings. The van der Waals surface area contributed by atoms with E-state index >= 15 is 0 Å². The number of carbonyl (C=O) groups excluding carboxylic acids is 2. The highest BCUT2D eigenvalue weighted by Gasteiger charge is 2.22. The minimum Gasteiger partial charge on any atom is -0.372 e. The molecule has 1 atom stereocenters. The van der Waals surface area contributed by atoms with E-state index in [0.717, 1.165) is 37.3 Å². The van der Waals surface area contributed by atoms with Crippen LogP contribution in [0.5, 0.6) is 0 Å². The fourth-order valence-electron chi connectivity index (χ4n) is 3.62. The first-order valence-corrected chi connectivity index (χ1v) is 9.24. The van der Waals surface area contributed by atoms with Gasteiger partial charge in [0.05, 0.1) is 0 Å². The number of hydrogen-bond acceptors (Lipinski definition) is 3. The molecule has 2 fully saturated rings. The zero-order valence-corrected chi connectivity index (χ0v) is 15.2. The first kappa shape index (κ1) is 17.6. The standard InChI is InChI=1S/C19H28N4O2/c1-14-12-16(22-9-3-4-10-22)7-8-17(14)21-19(25)20-15(2)13-23-11-5-6-18(23)24/h7-8,12,15H,3-6,9-11,13H2,1-2H3,(H2,20,21,25)/t15-/m1/s1. The maximum Gasteiger partial charge on any atom is 0.319 e. The van der Waals surface area contributed by atoms with Gasteiger partial charge in [0.15, 0.2) is 0 Å². The Labute approximate surface area is 149 Å². The predicted octanol–water partition coefficient (Wildman–Crippen LogP) is 2.73. The quantitative estimate of drug-likeness (QED) is 0.863. The molecule has 6 heteroatoms. The van der Waals surface area contributed by atoms with Crippen LogP contribution in [0.1, 0.15) is 38.2 Å². The number of hydrogen-bond donors (Lipinski definition) is 2. The zero-order chi connectivity index (χ0) is 17.8. The average molecular weight is 344 g/mol. The molecular weight excluding hydrogens is 316 g/mol. The van der Waals surface area contributed by atoms with E-state index in [2.05, 4.69) is 27.7 Å². The summed E-state index contributed by atoms with van der Waals surface area (Å²) in [5, 5.41) is 5.84. The number of benzene rings is 1. The van der Waals surface area contributed by atoms with Crippen LogP contribution in [0.4, 0.5) is 16.2 Å². The minimum absolute atomic E-state index is 0.0776. The SMILES string of the molecule is Cc1cc(N2CCCC2)ccc1NC(=O)N[C@H](C)CN1CCCC1=O. The van der Waals surface area contributed by atoms with Crippen LogP contribution in [0.25, 0.3) is 0 Å². The maximum atomic E-state index is 12.2. The van der Waals surface area contributed by atoms with Gasteiger partial charge in [-0.2, -0.15) is 0 Å². The van der Waals surface area contributed by atoms with E-state index in [9.17, 15) is 9.59 Å². The minimum atomic E-state index is -0.226. The van der Waals surface area contributed by atoms with E-state index in [1.54, 1.807) is 0 Å². The molecule has 3 amide bonds. The Kier molecular flexibility index (Phi) is 5.46. The lowest BCUT2D eigenvalue weighted by molar-refractivity contribution is -0.127. The van der Waals surface area contributed by atoms with E-state index in [4.69, 9.17) is 0 Å². The van der Waals surface area contributed by atoms with Crippen LogP contribution >= 0.6 is 0 Å². The van der Waals surface area contributed by atoms with Crippen molar-refractivity contribution in [2.45, 2.75) is 45.6 Å². The number of nitrogens with zero attached hydrogens (tertiary/aromatic N) is 2. The summed E-state index contributed by atoms with van der Waals surface area (Å²) in [7, 11) is 0. The molecule has 0 spiro atoms. The lowest BCUT2D eigenvalue weighted by atomic mass is 10.1. The largest absolute Gasteiger partial charge is 0.372 e. The van der Waals surface area contributed by atoms with Crippen LogP contribution in [-0.4, -0.2) is 49.1 Å². The Bertz CT molecular complexity index is 640. The van der Waals surface area contributed by atoms with Crippen LogP contribution in [0.15, 0.2) is 18.2 Å². The molecule has 2 heterocycles. The fourth-order valence-corrected chi connectivity index (χ4v) is 3.62. The van der Waals surface area contributed by atoms with Gasteiger partial charge < -0.3 is 20.4 Å². The number of carbonyl (C=O) groups is 2. The Hall–Kier alpha value is -2.24. The van der Waals surface area contributed by atoms with Crippen molar-refractivity contribution in [1.82, 2.24) is 10.2 Å². The van der Waals surface area contributed by atoms with Crippen molar-refractivity contribution in [3.8, 4) is 0 Å². The van der Waals surface area contributed by atoms with Crippen molar-refractivity contribution in [1.29, 1.82) is 0 Å². The number of urea groups is 1. The molecule has 1 aromatic carbocycles. The highest BCUT2D eigenvalue weighted by molar-refractivity contribution is 5.90. The average Bonchev–Trinajstić information content (AvgIpc) is 3.22. The number of aryl methyl sites for hydroxylation is 1. The second-order valence-corrected chi connectivity index (χ2v) is 7.14. The zero-order valence-electron chi connectivity index (χ0n) is 15.2. The number of nitrogens with one attached hydrogen (secondary N) is 2. The molecule has 25 heavy (non-hydrogen) atoms. The van der Waals surface area contributed by atoms with Crippen LogP contribution < -0.4 is 15.5 Å². The topological polar surface area (TPSA) is 64.7 Å². The normalized spacial score (nSPS) is 18.6. The summed E-state index contributed by atoms with van der Waals surface area (Å²) in [4.78, 5) is 28.1. The Balaban J connectivity index is 1.52. The summed E-state index contributed by atoms with van der Waals surface area (Å²) >= 11 is 0. The van der Waals surface area contributed by atoms with Crippen molar-refractivity contribution in [2.75, 3.05) is 36.4 Å². The summed E-state index contributed by atoms with van der Waals surface area (Å²) in [6, 6.07) is 5.87. The van der Waals surface area contributed by atoms with Crippen molar-refractivity contribution in [3.05, 3.63) is 23.8 Å². The van der Waals surface area contributed by atoms with Gasteiger partial charge in [-0.05, 0) is 56.9 Å². The molecule has 0 bridgehead atoms. The fraction of sp³-hybridized carbons (Fsp3) is 0.579. The van der Waals surface area contributed by atoms with E-state index in [-0.39, 0.29) is 18.0 Å². The third-order valence-corrected chi connectivity index (χ3v) is 4.97. The molecule has 2 aliphatic rings. The molecule has 0 aliphatic carbocycles. The third kappa shape index (κ3) is 4.44. The number of anilines is 2. The van der Waals surface area contributed by atoms with Gasteiger partial charge in [0, 0.05) is 50.0 Å². The van der Waals surface area contributed by atoms with Crippen LogP contribution in [0.2, 0.25) is 0 Å². The number of likely N-dealkylation sites (tertiary alicyclic amines) is 1. The van der Waals surface area contributed by atoms with Gasteiger partial charge in [-0.25, -0.2) is 4.79 Å². The summed E-state index contributed by atoms with van der Waals surface area (Å²) in [6.45, 7) is 7.53. The van der Waals surface area contributed by atoms with Gasteiger partial charge >= 0.3 is 6.03 Å². The Morgan fingerprint density at radius 3 is 2.60 bits per heavy atom. The van der Waals surface area contributed by atoms with Crippen LogP contribution in [0, 0.1) is 6.92 Å². The number of amides is 3. The lowest BCUT2D eigenvalue weighted by Gasteiger charge is -2.22. The Morgan fingerprint density at radius 1 is 1.20 bits per heavy atom. The summed E-state index contributed by atoms with van der Waals surface area (Å²) in [5.74, 6) is 0.183. The molecule has 0 radical (unpaired) electrons. The summed E-state index contributed by atoms with van der Waals surface area (Å²) in [6.07, 6.45) is 4.04. The molecule has 2 saturated heterocycles. The second kappa shape index (κ2) is 7.76. The smallest absolute Gasteiger partial charge is 0.319 e. The van der Waals surface area contributed by atoms with Crippen molar-refractivity contribution in [2.24, 2.45) is 0 Å². The molecular formula is C19H28N4O2. The van der Waals surface area contributed by atoms with E-state index in [1.165, 1.54) is 18.5 Å². The van der Waals surface area contributed by atoms with Gasteiger partial charge in [-0.3, -0.25) is 4.79 Å². The lowest BCUT2D eigenvalue weighted by Crippen LogP contribution is -2.44. The monoisotopic (exact) mass is 344 g/mol. The molecule has 6 nitrogen and oxygen atoms in total. The van der Waals surface area contributed by atoms with E-state index < -0.39 is 0 Å². The van der Waals surface area contributed by atoms with Gasteiger partial charge in [0.2, 0.25) is 5.91 Å². The molecule has 3 rings (SSSR count). The first-order chi connectivity index (χ1) is 12.0. The molecule has 0 aromatic heterocycles. The van der Waals surface area contributed by atoms with Crippen LogP contribution in [0.3, 0.4) is 0 Å². The summed E-state index contributed by atoms with van der Waals surface area (Å²) < 4.78 is 0. The highest BCUT2D eigenvalue weighted by atomic mass is 16.2. The van der Waals surface area contributed by atoms with Crippen molar-refractivity contribution >= 4 is 23.3 Å². The molecule has 2 aliphatic heterocycles. The van der Waals surface area contributed by atoms with E-state index in [1.807, 2.05) is 24.8 Å². The molecule has 136 valence electrons. The van der Waals surface area contributed by atoms with E-state index in [0.29, 0.717) is 13.0 Å². The van der Waals surface area contributed by atoms with Crippen LogP contribution in [-0.2, 0) is 4.79 Å². The van der Waals surface area contributed by atoms with Crippen molar-refractivity contribution in [3.63, 3.8) is 0 Å².